The van der Waals surface area contributed by atoms with Crippen LogP contribution in [0.4, 0.5) is 4.39 Å². The van der Waals surface area contributed by atoms with Gasteiger partial charge in [0.05, 0.1) is 6.26 Å². The van der Waals surface area contributed by atoms with Crippen LogP contribution in [-0.2, 0) is 10.0 Å². The van der Waals surface area contributed by atoms with Gasteiger partial charge in [-0.1, -0.05) is 6.92 Å². The second kappa shape index (κ2) is 3.88. The maximum atomic E-state index is 13.5. The monoisotopic (exact) mass is 243 g/mol. The quantitative estimate of drug-likeness (QED) is 0.895. The molecular weight excluding hydrogens is 233 g/mol. The number of fused-ring (bicyclic) bond motifs is 1. The van der Waals surface area contributed by atoms with Gasteiger partial charge in [0.15, 0.2) is 10.5 Å². The van der Waals surface area contributed by atoms with Gasteiger partial charge < -0.3 is 4.42 Å². The first-order chi connectivity index (χ1) is 7.56. The summed E-state index contributed by atoms with van der Waals surface area (Å²) in [4.78, 5) is -0.433. The number of halogens is 1. The summed E-state index contributed by atoms with van der Waals surface area (Å²) in [5.74, 6) is -0.816. The Kier molecular flexibility index (Phi) is 2.69. The molecule has 0 fully saturated rings. The highest BCUT2D eigenvalue weighted by Crippen LogP contribution is 2.26. The van der Waals surface area contributed by atoms with Crippen molar-refractivity contribution in [2.75, 3.05) is 6.54 Å². The number of hydrogen-bond donors (Lipinski definition) is 1. The minimum atomic E-state index is -3.86. The van der Waals surface area contributed by atoms with Gasteiger partial charge >= 0.3 is 0 Å². The van der Waals surface area contributed by atoms with E-state index in [1.807, 2.05) is 0 Å². The zero-order valence-corrected chi connectivity index (χ0v) is 9.34. The lowest BCUT2D eigenvalue weighted by molar-refractivity contribution is 0.545. The second-order valence-electron chi connectivity index (χ2n) is 3.22. The topological polar surface area (TPSA) is 59.3 Å². The number of sulfonamides is 1. The number of rotatable bonds is 3. The molecule has 2 aromatic rings. The maximum Gasteiger partial charge on any atom is 0.247 e. The number of nitrogens with one attached hydrogen (secondary N) is 1. The van der Waals surface area contributed by atoms with Gasteiger partial charge in [-0.15, -0.1) is 0 Å². The van der Waals surface area contributed by atoms with E-state index >= 15 is 0 Å². The van der Waals surface area contributed by atoms with E-state index in [0.717, 1.165) is 6.07 Å². The van der Waals surface area contributed by atoms with E-state index in [-0.39, 0.29) is 12.1 Å². The van der Waals surface area contributed by atoms with Crippen LogP contribution in [0.1, 0.15) is 6.92 Å². The molecule has 0 aliphatic rings. The smallest absolute Gasteiger partial charge is 0.247 e. The minimum absolute atomic E-state index is 0.0425. The first-order valence-corrected chi connectivity index (χ1v) is 6.20. The lowest BCUT2D eigenvalue weighted by atomic mass is 10.2. The van der Waals surface area contributed by atoms with E-state index in [2.05, 4.69) is 4.72 Å². The molecule has 86 valence electrons. The van der Waals surface area contributed by atoms with Crippen molar-refractivity contribution in [2.45, 2.75) is 11.8 Å². The van der Waals surface area contributed by atoms with Crippen LogP contribution in [0.2, 0.25) is 0 Å². The Hall–Kier alpha value is -1.40. The summed E-state index contributed by atoms with van der Waals surface area (Å²) in [6, 6.07) is 4.17. The van der Waals surface area contributed by atoms with Gasteiger partial charge in [0.25, 0.3) is 0 Å². The van der Waals surface area contributed by atoms with Crippen LogP contribution in [0.15, 0.2) is 33.8 Å². The summed E-state index contributed by atoms with van der Waals surface area (Å²) in [6.07, 6.45) is 1.33. The van der Waals surface area contributed by atoms with Gasteiger partial charge in [-0.05, 0) is 18.2 Å². The second-order valence-corrected chi connectivity index (χ2v) is 4.92. The molecule has 0 aliphatic carbocycles. The predicted octanol–water partition coefficient (Wildman–Crippen LogP) is 1.87. The fourth-order valence-corrected chi connectivity index (χ4v) is 2.75. The first kappa shape index (κ1) is 11.1. The van der Waals surface area contributed by atoms with Crippen LogP contribution < -0.4 is 4.72 Å². The molecule has 0 radical (unpaired) electrons. The molecule has 0 bridgehead atoms. The van der Waals surface area contributed by atoms with Crippen molar-refractivity contribution in [3.63, 3.8) is 0 Å². The molecule has 0 saturated heterocycles. The number of hydrogen-bond acceptors (Lipinski definition) is 3. The van der Waals surface area contributed by atoms with E-state index < -0.39 is 20.7 Å². The summed E-state index contributed by atoms with van der Waals surface area (Å²) in [5, 5.41) is 0.554. The maximum absolute atomic E-state index is 13.5. The Morgan fingerprint density at radius 3 is 2.81 bits per heavy atom. The van der Waals surface area contributed by atoms with Crippen molar-refractivity contribution in [1.29, 1.82) is 0 Å². The molecule has 1 aromatic heterocycles. The third-order valence-corrected chi connectivity index (χ3v) is 3.72. The Labute approximate surface area is 92.1 Å². The lowest BCUT2D eigenvalue weighted by Gasteiger charge is -2.05. The molecular formula is C10H10FNO3S. The van der Waals surface area contributed by atoms with Crippen molar-refractivity contribution in [3.05, 3.63) is 30.3 Å². The molecule has 1 aromatic carbocycles. The molecule has 16 heavy (non-hydrogen) atoms. The van der Waals surface area contributed by atoms with Gasteiger partial charge in [-0.2, -0.15) is 0 Å². The van der Waals surface area contributed by atoms with Crippen molar-refractivity contribution in [3.8, 4) is 0 Å². The third-order valence-electron chi connectivity index (χ3n) is 2.13. The Morgan fingerprint density at radius 1 is 1.38 bits per heavy atom. The highest BCUT2D eigenvalue weighted by molar-refractivity contribution is 7.89. The van der Waals surface area contributed by atoms with E-state index in [0.29, 0.717) is 5.39 Å². The zero-order chi connectivity index (χ0) is 11.8. The predicted molar refractivity (Wildman–Crippen MR) is 57.0 cm³/mol. The van der Waals surface area contributed by atoms with E-state index in [9.17, 15) is 12.8 Å². The van der Waals surface area contributed by atoms with Crippen LogP contribution in [0.25, 0.3) is 11.0 Å². The Morgan fingerprint density at radius 2 is 2.12 bits per heavy atom. The van der Waals surface area contributed by atoms with Gasteiger partial charge in [-0.25, -0.2) is 17.5 Å². The molecule has 2 rings (SSSR count). The summed E-state index contributed by atoms with van der Waals surface area (Å²) in [7, 11) is -3.86. The number of furan rings is 1. The summed E-state index contributed by atoms with van der Waals surface area (Å²) >= 11 is 0. The molecule has 0 amide bonds. The first-order valence-electron chi connectivity index (χ1n) is 4.71. The van der Waals surface area contributed by atoms with Crippen LogP contribution in [0.3, 0.4) is 0 Å². The molecule has 0 unspecified atom stereocenters. The fraction of sp³-hybridized carbons (Fsp3) is 0.200. The highest BCUT2D eigenvalue weighted by atomic mass is 32.2. The average Bonchev–Trinajstić information content (AvgIpc) is 2.64. The molecule has 4 nitrogen and oxygen atoms in total. The molecule has 0 aliphatic heterocycles. The van der Waals surface area contributed by atoms with E-state index in [1.54, 1.807) is 13.0 Å². The minimum Gasteiger partial charge on any atom is -0.463 e. The molecule has 6 heteroatoms. The van der Waals surface area contributed by atoms with Crippen LogP contribution >= 0.6 is 0 Å². The molecule has 0 atom stereocenters. The van der Waals surface area contributed by atoms with Crippen molar-refractivity contribution < 1.29 is 17.2 Å². The summed E-state index contributed by atoms with van der Waals surface area (Å²) in [6.45, 7) is 1.82. The standard InChI is InChI=1S/C10H10FNO3S/c1-2-12-16(13,14)10-8(11)4-3-7-5-6-15-9(7)10/h3-6,12H,2H2,1H3. The van der Waals surface area contributed by atoms with Crippen LogP contribution in [-0.4, -0.2) is 15.0 Å². The largest absolute Gasteiger partial charge is 0.463 e. The number of benzene rings is 1. The molecule has 0 saturated carbocycles. The fourth-order valence-electron chi connectivity index (χ4n) is 1.49. The highest BCUT2D eigenvalue weighted by Gasteiger charge is 2.23. The molecule has 0 spiro atoms. The van der Waals surface area contributed by atoms with Gasteiger partial charge in [0.2, 0.25) is 10.0 Å². The van der Waals surface area contributed by atoms with Crippen molar-refractivity contribution in [1.82, 2.24) is 4.72 Å². The SMILES string of the molecule is CCNS(=O)(=O)c1c(F)ccc2ccoc12. The van der Waals surface area contributed by atoms with Gasteiger partial charge in [0, 0.05) is 11.9 Å². The molecule has 1 N–H and O–H groups in total. The summed E-state index contributed by atoms with van der Waals surface area (Å²) < 4.78 is 44.3. The van der Waals surface area contributed by atoms with Crippen molar-refractivity contribution >= 4 is 21.0 Å². The zero-order valence-electron chi connectivity index (χ0n) is 8.53. The van der Waals surface area contributed by atoms with Crippen molar-refractivity contribution in [2.24, 2.45) is 0 Å². The Balaban J connectivity index is 2.76. The van der Waals surface area contributed by atoms with Gasteiger partial charge in [0.1, 0.15) is 5.82 Å². The third kappa shape index (κ3) is 1.70. The van der Waals surface area contributed by atoms with Crippen LogP contribution in [0, 0.1) is 5.82 Å². The summed E-state index contributed by atoms with van der Waals surface area (Å²) in [5.41, 5.74) is 0.0425. The van der Waals surface area contributed by atoms with Crippen LogP contribution in [0.5, 0.6) is 0 Å². The normalized spacial score (nSPS) is 12.1. The van der Waals surface area contributed by atoms with E-state index in [4.69, 9.17) is 4.42 Å². The molecule has 1 heterocycles. The lowest BCUT2D eigenvalue weighted by Crippen LogP contribution is -2.24. The Bertz CT molecular complexity index is 618. The van der Waals surface area contributed by atoms with E-state index in [1.165, 1.54) is 12.3 Å². The van der Waals surface area contributed by atoms with Gasteiger partial charge in [-0.3, -0.25) is 0 Å². The average molecular weight is 243 g/mol.